The van der Waals surface area contributed by atoms with Crippen molar-refractivity contribution in [3.05, 3.63) is 69.5 Å². The zero-order chi connectivity index (χ0) is 19.2. The average molecular weight is 409 g/mol. The molecule has 6 heteroatoms. The van der Waals surface area contributed by atoms with Gasteiger partial charge in [0, 0.05) is 29.1 Å². The zero-order valence-electron chi connectivity index (χ0n) is 15.1. The van der Waals surface area contributed by atoms with E-state index in [0.717, 1.165) is 43.6 Å². The fraction of sp³-hybridized carbons (Fsp3) is 0.381. The number of rotatable bonds is 6. The fourth-order valence-electron chi connectivity index (χ4n) is 3.37. The number of carbonyl (C=O) groups excluding carboxylic acids is 1. The van der Waals surface area contributed by atoms with E-state index in [1.165, 1.54) is 12.1 Å². The van der Waals surface area contributed by atoms with Crippen molar-refractivity contribution in [1.82, 2.24) is 10.2 Å². The highest BCUT2D eigenvalue weighted by Crippen LogP contribution is 2.25. The molecule has 144 valence electrons. The van der Waals surface area contributed by atoms with Gasteiger partial charge in [-0.1, -0.05) is 41.4 Å². The lowest BCUT2D eigenvalue weighted by molar-refractivity contribution is -0.126. The third kappa shape index (κ3) is 5.93. The van der Waals surface area contributed by atoms with Crippen LogP contribution in [0.1, 0.15) is 24.0 Å². The van der Waals surface area contributed by atoms with Gasteiger partial charge in [-0.15, -0.1) is 0 Å². The van der Waals surface area contributed by atoms with Crippen molar-refractivity contribution in [3.63, 3.8) is 0 Å². The van der Waals surface area contributed by atoms with Gasteiger partial charge >= 0.3 is 0 Å². The van der Waals surface area contributed by atoms with Crippen LogP contribution in [-0.4, -0.2) is 30.4 Å². The van der Waals surface area contributed by atoms with Gasteiger partial charge in [-0.2, -0.15) is 0 Å². The Bertz CT molecular complexity index is 774. The first kappa shape index (κ1) is 20.1. The molecule has 0 aromatic heterocycles. The van der Waals surface area contributed by atoms with Crippen LogP contribution < -0.4 is 5.32 Å². The number of carbonyl (C=O) groups is 1. The van der Waals surface area contributed by atoms with Crippen LogP contribution in [0.4, 0.5) is 4.39 Å². The van der Waals surface area contributed by atoms with E-state index >= 15 is 0 Å². The third-order valence-corrected chi connectivity index (χ3v) is 5.58. The number of nitrogens with zero attached hydrogens (tertiary/aromatic N) is 1. The molecule has 1 saturated heterocycles. The maximum atomic E-state index is 12.9. The Morgan fingerprint density at radius 1 is 1.11 bits per heavy atom. The summed E-state index contributed by atoms with van der Waals surface area (Å²) in [6.45, 7) is 3.09. The predicted octanol–water partition coefficient (Wildman–Crippen LogP) is 4.70. The first-order valence-corrected chi connectivity index (χ1v) is 9.95. The predicted molar refractivity (Wildman–Crippen MR) is 108 cm³/mol. The van der Waals surface area contributed by atoms with E-state index in [1.807, 2.05) is 12.1 Å². The van der Waals surface area contributed by atoms with E-state index in [0.29, 0.717) is 23.0 Å². The summed E-state index contributed by atoms with van der Waals surface area (Å²) in [5, 5.41) is 4.33. The van der Waals surface area contributed by atoms with Gasteiger partial charge in [-0.3, -0.25) is 9.69 Å². The Labute approximate surface area is 169 Å². The van der Waals surface area contributed by atoms with E-state index in [1.54, 1.807) is 18.2 Å². The Kier molecular flexibility index (Phi) is 7.11. The SMILES string of the molecule is O=C(NCCc1ccc(F)cc1)C1CCN(Cc2ccc(Cl)cc2Cl)CC1. The Balaban J connectivity index is 1.40. The summed E-state index contributed by atoms with van der Waals surface area (Å²) in [5.41, 5.74) is 2.08. The number of hydrogen-bond donors (Lipinski definition) is 1. The molecule has 0 spiro atoms. The second-order valence-corrected chi connectivity index (χ2v) is 7.80. The van der Waals surface area contributed by atoms with Crippen molar-refractivity contribution in [2.45, 2.75) is 25.8 Å². The molecule has 0 bridgehead atoms. The minimum Gasteiger partial charge on any atom is -0.356 e. The van der Waals surface area contributed by atoms with Crippen molar-refractivity contribution >= 4 is 29.1 Å². The summed E-state index contributed by atoms with van der Waals surface area (Å²) in [6.07, 6.45) is 2.39. The first-order chi connectivity index (χ1) is 13.0. The molecule has 2 aromatic carbocycles. The first-order valence-electron chi connectivity index (χ1n) is 9.19. The Hall–Kier alpha value is -1.62. The van der Waals surface area contributed by atoms with Gasteiger partial charge in [-0.05, 0) is 67.7 Å². The van der Waals surface area contributed by atoms with Crippen LogP contribution in [0.25, 0.3) is 0 Å². The molecule has 27 heavy (non-hydrogen) atoms. The molecule has 0 radical (unpaired) electrons. The molecule has 1 amide bonds. The van der Waals surface area contributed by atoms with E-state index in [-0.39, 0.29) is 17.6 Å². The second-order valence-electron chi connectivity index (χ2n) is 6.95. The molecule has 0 atom stereocenters. The van der Waals surface area contributed by atoms with E-state index in [9.17, 15) is 9.18 Å². The highest BCUT2D eigenvalue weighted by molar-refractivity contribution is 6.35. The summed E-state index contributed by atoms with van der Waals surface area (Å²) in [7, 11) is 0. The zero-order valence-corrected chi connectivity index (χ0v) is 16.6. The molecule has 1 heterocycles. The number of nitrogens with one attached hydrogen (secondary N) is 1. The molecule has 0 aliphatic carbocycles. The van der Waals surface area contributed by atoms with E-state index in [4.69, 9.17) is 23.2 Å². The molecule has 1 aliphatic rings. The topological polar surface area (TPSA) is 32.3 Å². The fourth-order valence-corrected chi connectivity index (χ4v) is 3.84. The number of benzene rings is 2. The van der Waals surface area contributed by atoms with Crippen molar-refractivity contribution in [1.29, 1.82) is 0 Å². The van der Waals surface area contributed by atoms with E-state index < -0.39 is 0 Å². The standard InChI is InChI=1S/C21H23Cl2FN2O/c22-18-4-3-17(20(23)13-18)14-26-11-8-16(9-12-26)21(27)25-10-7-15-1-5-19(24)6-2-15/h1-6,13,16H,7-12,14H2,(H,25,27). The maximum absolute atomic E-state index is 12.9. The van der Waals surface area contributed by atoms with Crippen molar-refractivity contribution in [2.24, 2.45) is 5.92 Å². The lowest BCUT2D eigenvalue weighted by Gasteiger charge is -2.31. The summed E-state index contributed by atoms with van der Waals surface area (Å²) in [4.78, 5) is 14.7. The quantitative estimate of drug-likeness (QED) is 0.750. The average Bonchev–Trinajstić information content (AvgIpc) is 2.66. The minimum atomic E-state index is -0.241. The van der Waals surface area contributed by atoms with Crippen LogP contribution in [0, 0.1) is 11.7 Å². The van der Waals surface area contributed by atoms with Crippen LogP contribution in [0.15, 0.2) is 42.5 Å². The normalized spacial score (nSPS) is 15.7. The van der Waals surface area contributed by atoms with E-state index in [2.05, 4.69) is 10.2 Å². The van der Waals surface area contributed by atoms with Gasteiger partial charge in [0.15, 0.2) is 0 Å². The van der Waals surface area contributed by atoms with Crippen LogP contribution in [0.5, 0.6) is 0 Å². The van der Waals surface area contributed by atoms with Crippen LogP contribution in [0.2, 0.25) is 10.0 Å². The van der Waals surface area contributed by atoms with Crippen LogP contribution in [0.3, 0.4) is 0 Å². The highest BCUT2D eigenvalue weighted by Gasteiger charge is 2.25. The van der Waals surface area contributed by atoms with Gasteiger partial charge in [0.05, 0.1) is 0 Å². The van der Waals surface area contributed by atoms with Gasteiger partial charge in [0.1, 0.15) is 5.82 Å². The van der Waals surface area contributed by atoms with Crippen LogP contribution in [-0.2, 0) is 17.8 Å². The molecule has 1 fully saturated rings. The van der Waals surface area contributed by atoms with Gasteiger partial charge < -0.3 is 5.32 Å². The van der Waals surface area contributed by atoms with Crippen molar-refractivity contribution < 1.29 is 9.18 Å². The molecule has 2 aromatic rings. The molecule has 1 aliphatic heterocycles. The summed E-state index contributed by atoms with van der Waals surface area (Å²) in [5.74, 6) is -0.0779. The van der Waals surface area contributed by atoms with Crippen molar-refractivity contribution in [3.8, 4) is 0 Å². The summed E-state index contributed by atoms with van der Waals surface area (Å²) >= 11 is 12.2. The Morgan fingerprint density at radius 3 is 2.48 bits per heavy atom. The number of piperidine rings is 1. The third-order valence-electron chi connectivity index (χ3n) is 4.99. The molecular weight excluding hydrogens is 386 g/mol. The van der Waals surface area contributed by atoms with Crippen molar-refractivity contribution in [2.75, 3.05) is 19.6 Å². The molecule has 0 saturated carbocycles. The number of amides is 1. The van der Waals surface area contributed by atoms with Gasteiger partial charge in [0.25, 0.3) is 0 Å². The Morgan fingerprint density at radius 2 is 1.81 bits per heavy atom. The van der Waals surface area contributed by atoms with Gasteiger partial charge in [-0.25, -0.2) is 4.39 Å². The van der Waals surface area contributed by atoms with Crippen LogP contribution >= 0.6 is 23.2 Å². The summed E-state index contributed by atoms with van der Waals surface area (Å²) in [6, 6.07) is 12.0. The smallest absolute Gasteiger partial charge is 0.223 e. The second kappa shape index (κ2) is 9.54. The highest BCUT2D eigenvalue weighted by atomic mass is 35.5. The number of likely N-dealkylation sites (tertiary alicyclic amines) is 1. The lowest BCUT2D eigenvalue weighted by Crippen LogP contribution is -2.40. The maximum Gasteiger partial charge on any atom is 0.223 e. The summed E-state index contributed by atoms with van der Waals surface area (Å²) < 4.78 is 12.9. The van der Waals surface area contributed by atoms with Gasteiger partial charge in [0.2, 0.25) is 5.91 Å². The molecule has 3 nitrogen and oxygen atoms in total. The largest absolute Gasteiger partial charge is 0.356 e. The molecule has 3 rings (SSSR count). The molecule has 1 N–H and O–H groups in total. The number of hydrogen-bond acceptors (Lipinski definition) is 2. The monoisotopic (exact) mass is 408 g/mol. The lowest BCUT2D eigenvalue weighted by atomic mass is 9.95. The minimum absolute atomic E-state index is 0.0511. The molecule has 0 unspecified atom stereocenters. The number of halogens is 3. The molecular formula is C21H23Cl2FN2O.